The Morgan fingerprint density at radius 2 is 1.66 bits per heavy atom. The Balaban J connectivity index is 1.18. The molecule has 1 aliphatic carbocycles. The third kappa shape index (κ3) is 5.48. The SMILES string of the molecule is O=C1CCC[C@H](N2Cc3c(OCCc4ccc(CN5CCCCC5)cc4)cccc3C2=O)C(=O)C1. The van der Waals surface area contributed by atoms with Crippen LogP contribution in [0.15, 0.2) is 42.5 Å². The lowest BCUT2D eigenvalue weighted by molar-refractivity contribution is -0.128. The Labute approximate surface area is 207 Å². The number of hydrogen-bond donors (Lipinski definition) is 0. The second kappa shape index (κ2) is 10.7. The van der Waals surface area contributed by atoms with Crippen LogP contribution in [0.3, 0.4) is 0 Å². The average Bonchev–Trinajstić information content (AvgIpc) is 3.10. The first-order valence-electron chi connectivity index (χ1n) is 13.0. The van der Waals surface area contributed by atoms with Crippen LogP contribution in [-0.4, -0.2) is 53.0 Å². The summed E-state index contributed by atoms with van der Waals surface area (Å²) in [6.07, 6.45) is 6.30. The van der Waals surface area contributed by atoms with Crippen LogP contribution in [0, 0.1) is 0 Å². The summed E-state index contributed by atoms with van der Waals surface area (Å²) in [5.41, 5.74) is 4.03. The molecule has 0 aromatic heterocycles. The fourth-order valence-electron chi connectivity index (χ4n) is 5.56. The van der Waals surface area contributed by atoms with Crippen molar-refractivity contribution in [2.24, 2.45) is 0 Å². The second-order valence-electron chi connectivity index (χ2n) is 10.1. The third-order valence-electron chi connectivity index (χ3n) is 7.53. The predicted octanol–water partition coefficient (Wildman–Crippen LogP) is 4.33. The Kier molecular flexibility index (Phi) is 7.28. The zero-order valence-corrected chi connectivity index (χ0v) is 20.3. The molecule has 0 spiro atoms. The second-order valence-corrected chi connectivity index (χ2v) is 10.1. The number of carbonyl (C=O) groups excluding carboxylic acids is 3. The van der Waals surface area contributed by atoms with Crippen LogP contribution in [0.5, 0.6) is 5.75 Å². The van der Waals surface area contributed by atoms with E-state index in [1.54, 1.807) is 11.0 Å². The standard InChI is InChI=1S/C29H34N2O4/c32-23-6-4-8-26(27(33)18-23)31-20-25-24(29(31)34)7-5-9-28(25)35-17-14-21-10-12-22(13-11-21)19-30-15-2-1-3-16-30/h5,7,9-13,26H,1-4,6,8,14-20H2/t26-/m0/s1. The van der Waals surface area contributed by atoms with Gasteiger partial charge in [0.15, 0.2) is 5.78 Å². The molecule has 3 aliphatic rings. The molecular weight excluding hydrogens is 440 g/mol. The number of Topliss-reactive ketones (excluding diaryl/α,β-unsaturated/α-hetero) is 2. The average molecular weight is 475 g/mol. The van der Waals surface area contributed by atoms with Gasteiger partial charge in [-0.3, -0.25) is 19.3 Å². The minimum atomic E-state index is -0.516. The summed E-state index contributed by atoms with van der Waals surface area (Å²) in [6, 6.07) is 13.8. The number of ether oxygens (including phenoxy) is 1. The van der Waals surface area contributed by atoms with Gasteiger partial charge < -0.3 is 9.64 Å². The third-order valence-corrected chi connectivity index (χ3v) is 7.53. The molecule has 6 nitrogen and oxygen atoms in total. The molecule has 1 amide bonds. The van der Waals surface area contributed by atoms with Crippen LogP contribution in [0.1, 0.15) is 72.0 Å². The van der Waals surface area contributed by atoms with Gasteiger partial charge in [-0.25, -0.2) is 0 Å². The first kappa shape index (κ1) is 23.7. The maximum Gasteiger partial charge on any atom is 0.255 e. The molecule has 0 radical (unpaired) electrons. The van der Waals surface area contributed by atoms with Crippen molar-refractivity contribution >= 4 is 17.5 Å². The van der Waals surface area contributed by atoms with Crippen molar-refractivity contribution in [3.8, 4) is 5.75 Å². The summed E-state index contributed by atoms with van der Waals surface area (Å²) in [5.74, 6) is 0.407. The summed E-state index contributed by atoms with van der Waals surface area (Å²) in [7, 11) is 0. The Bertz CT molecular complexity index is 1090. The smallest absolute Gasteiger partial charge is 0.255 e. The monoisotopic (exact) mass is 474 g/mol. The van der Waals surface area contributed by atoms with Gasteiger partial charge in [0.1, 0.15) is 11.5 Å². The lowest BCUT2D eigenvalue weighted by Gasteiger charge is -2.26. The summed E-state index contributed by atoms with van der Waals surface area (Å²) in [5, 5.41) is 0. The number of fused-ring (bicyclic) bond motifs is 1. The molecule has 2 heterocycles. The van der Waals surface area contributed by atoms with Crippen molar-refractivity contribution in [1.29, 1.82) is 0 Å². The molecule has 1 saturated heterocycles. The molecule has 2 aliphatic heterocycles. The summed E-state index contributed by atoms with van der Waals surface area (Å²) in [4.78, 5) is 41.7. The van der Waals surface area contributed by atoms with Gasteiger partial charge in [0, 0.05) is 30.5 Å². The zero-order chi connectivity index (χ0) is 24.2. The minimum absolute atomic E-state index is 0.0230. The molecule has 2 aromatic carbocycles. The predicted molar refractivity (Wildman–Crippen MR) is 133 cm³/mol. The molecule has 2 fully saturated rings. The molecule has 0 N–H and O–H groups in total. The van der Waals surface area contributed by atoms with Crippen LogP contribution in [0.4, 0.5) is 0 Å². The summed E-state index contributed by atoms with van der Waals surface area (Å²) in [6.45, 7) is 4.30. The van der Waals surface area contributed by atoms with Gasteiger partial charge in [-0.2, -0.15) is 0 Å². The summed E-state index contributed by atoms with van der Waals surface area (Å²) >= 11 is 0. The minimum Gasteiger partial charge on any atom is -0.493 e. The van der Waals surface area contributed by atoms with Crippen LogP contribution in [0.2, 0.25) is 0 Å². The van der Waals surface area contributed by atoms with Gasteiger partial charge in [0.05, 0.1) is 25.6 Å². The van der Waals surface area contributed by atoms with Crippen LogP contribution < -0.4 is 4.74 Å². The maximum absolute atomic E-state index is 13.1. The van der Waals surface area contributed by atoms with Crippen molar-refractivity contribution in [3.05, 3.63) is 64.7 Å². The Morgan fingerprint density at radius 1 is 0.886 bits per heavy atom. The van der Waals surface area contributed by atoms with E-state index in [1.807, 2.05) is 12.1 Å². The van der Waals surface area contributed by atoms with Gasteiger partial charge >= 0.3 is 0 Å². The molecular formula is C29H34N2O4. The molecule has 184 valence electrons. The number of amides is 1. The van der Waals surface area contributed by atoms with Crippen LogP contribution in [0.25, 0.3) is 0 Å². The van der Waals surface area contributed by atoms with E-state index in [4.69, 9.17) is 4.74 Å². The highest BCUT2D eigenvalue weighted by atomic mass is 16.5. The van der Waals surface area contributed by atoms with Crippen molar-refractivity contribution in [1.82, 2.24) is 9.80 Å². The normalized spacial score (nSPS) is 21.2. The number of rotatable bonds is 7. The Hall–Kier alpha value is -2.99. The van der Waals surface area contributed by atoms with E-state index in [1.165, 1.54) is 43.5 Å². The summed E-state index contributed by atoms with van der Waals surface area (Å²) < 4.78 is 6.13. The van der Waals surface area contributed by atoms with Gasteiger partial charge in [-0.1, -0.05) is 36.8 Å². The number of piperidine rings is 1. The number of nitrogens with zero attached hydrogens (tertiary/aromatic N) is 2. The molecule has 6 heteroatoms. The molecule has 0 unspecified atom stereocenters. The van der Waals surface area contributed by atoms with E-state index in [0.29, 0.717) is 43.7 Å². The van der Waals surface area contributed by atoms with Crippen molar-refractivity contribution in [2.75, 3.05) is 19.7 Å². The maximum atomic E-state index is 13.1. The van der Waals surface area contributed by atoms with Crippen LogP contribution >= 0.6 is 0 Å². The fourth-order valence-corrected chi connectivity index (χ4v) is 5.56. The van der Waals surface area contributed by atoms with E-state index >= 15 is 0 Å². The van der Waals surface area contributed by atoms with Crippen LogP contribution in [-0.2, 0) is 29.1 Å². The van der Waals surface area contributed by atoms with Gasteiger partial charge in [0.25, 0.3) is 5.91 Å². The molecule has 35 heavy (non-hydrogen) atoms. The van der Waals surface area contributed by atoms with E-state index in [9.17, 15) is 14.4 Å². The number of likely N-dealkylation sites (tertiary alicyclic amines) is 1. The molecule has 0 bridgehead atoms. The zero-order valence-electron chi connectivity index (χ0n) is 20.3. The number of benzene rings is 2. The number of carbonyl (C=O) groups is 3. The highest BCUT2D eigenvalue weighted by molar-refractivity contribution is 6.06. The van der Waals surface area contributed by atoms with E-state index in [-0.39, 0.29) is 23.9 Å². The highest BCUT2D eigenvalue weighted by Gasteiger charge is 2.38. The quantitative estimate of drug-likeness (QED) is 0.441. The largest absolute Gasteiger partial charge is 0.493 e. The van der Waals surface area contributed by atoms with Gasteiger partial charge in [0.2, 0.25) is 0 Å². The topological polar surface area (TPSA) is 66.9 Å². The molecule has 2 aromatic rings. The van der Waals surface area contributed by atoms with E-state index < -0.39 is 6.04 Å². The van der Waals surface area contributed by atoms with Crippen molar-refractivity contribution in [3.63, 3.8) is 0 Å². The van der Waals surface area contributed by atoms with Gasteiger partial charge in [-0.05, 0) is 62.0 Å². The molecule has 1 saturated carbocycles. The number of hydrogen-bond acceptors (Lipinski definition) is 5. The first-order chi connectivity index (χ1) is 17.1. The fraction of sp³-hybridized carbons (Fsp3) is 0.483. The highest BCUT2D eigenvalue weighted by Crippen LogP contribution is 2.34. The lowest BCUT2D eigenvalue weighted by Crippen LogP contribution is -2.41. The lowest BCUT2D eigenvalue weighted by atomic mass is 10.1. The van der Waals surface area contributed by atoms with E-state index in [2.05, 4.69) is 29.2 Å². The Morgan fingerprint density at radius 3 is 2.46 bits per heavy atom. The van der Waals surface area contributed by atoms with Gasteiger partial charge in [-0.15, -0.1) is 0 Å². The molecule has 5 rings (SSSR count). The molecule has 1 atom stereocenters. The van der Waals surface area contributed by atoms with Crippen molar-refractivity contribution in [2.45, 2.75) is 70.5 Å². The van der Waals surface area contributed by atoms with Crippen molar-refractivity contribution < 1.29 is 19.1 Å². The van der Waals surface area contributed by atoms with E-state index in [0.717, 1.165) is 18.5 Å². The number of ketones is 2. The first-order valence-corrected chi connectivity index (χ1v) is 13.0.